The van der Waals surface area contributed by atoms with Gasteiger partial charge in [0.25, 0.3) is 0 Å². The van der Waals surface area contributed by atoms with E-state index in [9.17, 15) is 4.79 Å². The first kappa shape index (κ1) is 14.2. The summed E-state index contributed by atoms with van der Waals surface area (Å²) < 4.78 is 1.06. The summed E-state index contributed by atoms with van der Waals surface area (Å²) in [5, 5.41) is 6.08. The van der Waals surface area contributed by atoms with E-state index in [-0.39, 0.29) is 18.0 Å². The Balaban J connectivity index is 2.63. The fourth-order valence-electron chi connectivity index (χ4n) is 1.69. The van der Waals surface area contributed by atoms with Crippen molar-refractivity contribution in [1.29, 1.82) is 0 Å². The highest BCUT2D eigenvalue weighted by atomic mass is 79.9. The minimum Gasteiger partial charge on any atom is -0.355 e. The average molecular weight is 299 g/mol. The van der Waals surface area contributed by atoms with Gasteiger partial charge in [0.05, 0.1) is 6.04 Å². The number of nitrogens with one attached hydrogen (secondary N) is 2. The third-order valence-corrected chi connectivity index (χ3v) is 3.34. The van der Waals surface area contributed by atoms with Gasteiger partial charge in [0.1, 0.15) is 0 Å². The SMILES string of the molecule is CCNC(=O)C(C)N[C@H](C)c1ccccc1Br. The monoisotopic (exact) mass is 298 g/mol. The molecule has 0 saturated heterocycles. The second kappa shape index (κ2) is 6.77. The maximum atomic E-state index is 11.6. The smallest absolute Gasteiger partial charge is 0.236 e. The third kappa shape index (κ3) is 4.13. The van der Waals surface area contributed by atoms with Gasteiger partial charge in [-0.05, 0) is 32.4 Å². The lowest BCUT2D eigenvalue weighted by Crippen LogP contribution is -2.43. The summed E-state index contributed by atoms with van der Waals surface area (Å²) in [6.07, 6.45) is 0. The number of hydrogen-bond donors (Lipinski definition) is 2. The molecule has 1 aromatic carbocycles. The highest BCUT2D eigenvalue weighted by molar-refractivity contribution is 9.10. The first-order valence-corrected chi connectivity index (χ1v) is 6.63. The number of halogens is 1. The van der Waals surface area contributed by atoms with Crippen LogP contribution in [0.1, 0.15) is 32.4 Å². The average Bonchev–Trinajstić information content (AvgIpc) is 2.29. The minimum absolute atomic E-state index is 0.0337. The summed E-state index contributed by atoms with van der Waals surface area (Å²) in [5.74, 6) is 0.0337. The van der Waals surface area contributed by atoms with Crippen molar-refractivity contribution in [2.75, 3.05) is 6.54 Å². The Kier molecular flexibility index (Phi) is 5.65. The van der Waals surface area contributed by atoms with E-state index < -0.39 is 0 Å². The van der Waals surface area contributed by atoms with Crippen molar-refractivity contribution in [1.82, 2.24) is 10.6 Å². The molecule has 0 aromatic heterocycles. The number of carbonyl (C=O) groups excluding carboxylic acids is 1. The molecule has 4 heteroatoms. The fourth-order valence-corrected chi connectivity index (χ4v) is 2.32. The molecule has 0 saturated carbocycles. The van der Waals surface area contributed by atoms with Gasteiger partial charge < -0.3 is 5.32 Å². The fraction of sp³-hybridized carbons (Fsp3) is 0.462. The van der Waals surface area contributed by atoms with Crippen LogP contribution in [0.3, 0.4) is 0 Å². The lowest BCUT2D eigenvalue weighted by Gasteiger charge is -2.20. The maximum absolute atomic E-state index is 11.6. The van der Waals surface area contributed by atoms with Crippen molar-refractivity contribution in [3.05, 3.63) is 34.3 Å². The Hall–Kier alpha value is -0.870. The van der Waals surface area contributed by atoms with Crippen LogP contribution in [0.25, 0.3) is 0 Å². The molecule has 2 N–H and O–H groups in total. The van der Waals surface area contributed by atoms with Gasteiger partial charge >= 0.3 is 0 Å². The molecule has 17 heavy (non-hydrogen) atoms. The molecule has 3 nitrogen and oxygen atoms in total. The van der Waals surface area contributed by atoms with Gasteiger partial charge in [-0.2, -0.15) is 0 Å². The minimum atomic E-state index is -0.197. The Morgan fingerprint density at radius 2 is 2.00 bits per heavy atom. The molecule has 0 aliphatic carbocycles. The second-order valence-electron chi connectivity index (χ2n) is 4.03. The van der Waals surface area contributed by atoms with Gasteiger partial charge in [-0.15, -0.1) is 0 Å². The van der Waals surface area contributed by atoms with Crippen LogP contribution in [0, 0.1) is 0 Å². The van der Waals surface area contributed by atoms with Crippen molar-refractivity contribution >= 4 is 21.8 Å². The molecule has 0 aliphatic heterocycles. The molecule has 1 amide bonds. The van der Waals surface area contributed by atoms with Crippen molar-refractivity contribution in [3.8, 4) is 0 Å². The molecule has 94 valence electrons. The van der Waals surface area contributed by atoms with Gasteiger partial charge in [-0.3, -0.25) is 10.1 Å². The molecule has 0 heterocycles. The number of likely N-dealkylation sites (N-methyl/N-ethyl adjacent to an activating group) is 1. The number of hydrogen-bond acceptors (Lipinski definition) is 2. The standard InChI is InChI=1S/C13H19BrN2O/c1-4-15-13(17)10(3)16-9(2)11-7-5-6-8-12(11)14/h5-10,16H,4H2,1-3H3,(H,15,17)/t9-,10?/m1/s1. The Morgan fingerprint density at radius 3 is 2.59 bits per heavy atom. The highest BCUT2D eigenvalue weighted by Crippen LogP contribution is 2.22. The third-order valence-electron chi connectivity index (χ3n) is 2.62. The van der Waals surface area contributed by atoms with Crippen molar-refractivity contribution < 1.29 is 4.79 Å². The summed E-state index contributed by atoms with van der Waals surface area (Å²) in [7, 11) is 0. The van der Waals surface area contributed by atoms with Gasteiger partial charge in [0.15, 0.2) is 0 Å². The molecular weight excluding hydrogens is 280 g/mol. The van der Waals surface area contributed by atoms with Crippen LogP contribution in [0.5, 0.6) is 0 Å². The molecule has 0 fully saturated rings. The van der Waals surface area contributed by atoms with E-state index >= 15 is 0 Å². The number of carbonyl (C=O) groups is 1. The molecular formula is C13H19BrN2O. The Labute approximate surface area is 111 Å². The van der Waals surface area contributed by atoms with Crippen molar-refractivity contribution in [3.63, 3.8) is 0 Å². The van der Waals surface area contributed by atoms with Crippen LogP contribution >= 0.6 is 15.9 Å². The van der Waals surface area contributed by atoms with Crippen LogP contribution in [0.4, 0.5) is 0 Å². The Morgan fingerprint density at radius 1 is 1.35 bits per heavy atom. The summed E-state index contributed by atoms with van der Waals surface area (Å²) >= 11 is 3.51. The van der Waals surface area contributed by atoms with Crippen LogP contribution in [0.15, 0.2) is 28.7 Å². The second-order valence-corrected chi connectivity index (χ2v) is 4.88. The van der Waals surface area contributed by atoms with Crippen molar-refractivity contribution in [2.45, 2.75) is 32.9 Å². The topological polar surface area (TPSA) is 41.1 Å². The zero-order valence-corrected chi connectivity index (χ0v) is 12.0. The zero-order chi connectivity index (χ0) is 12.8. The van der Waals surface area contributed by atoms with Crippen LogP contribution in [-0.2, 0) is 4.79 Å². The van der Waals surface area contributed by atoms with Crippen LogP contribution < -0.4 is 10.6 Å². The number of rotatable bonds is 5. The van der Waals surface area contributed by atoms with E-state index in [1.165, 1.54) is 0 Å². The van der Waals surface area contributed by atoms with E-state index in [0.29, 0.717) is 6.54 Å². The van der Waals surface area contributed by atoms with Crippen LogP contribution in [0.2, 0.25) is 0 Å². The van der Waals surface area contributed by atoms with E-state index in [2.05, 4.69) is 33.5 Å². The largest absolute Gasteiger partial charge is 0.355 e. The predicted octanol–water partition coefficient (Wildman–Crippen LogP) is 2.62. The van der Waals surface area contributed by atoms with Gasteiger partial charge in [-0.25, -0.2) is 0 Å². The van der Waals surface area contributed by atoms with Crippen LogP contribution in [-0.4, -0.2) is 18.5 Å². The van der Waals surface area contributed by atoms with Crippen molar-refractivity contribution in [2.24, 2.45) is 0 Å². The predicted molar refractivity (Wildman–Crippen MR) is 73.8 cm³/mol. The lowest BCUT2D eigenvalue weighted by atomic mass is 10.1. The molecule has 0 bridgehead atoms. The van der Waals surface area contributed by atoms with E-state index in [1.54, 1.807) is 0 Å². The van der Waals surface area contributed by atoms with Gasteiger partial charge in [0.2, 0.25) is 5.91 Å². The maximum Gasteiger partial charge on any atom is 0.236 e. The first-order valence-electron chi connectivity index (χ1n) is 5.84. The molecule has 0 spiro atoms. The van der Waals surface area contributed by atoms with Gasteiger partial charge in [-0.1, -0.05) is 34.1 Å². The molecule has 2 atom stereocenters. The molecule has 1 aromatic rings. The van der Waals surface area contributed by atoms with E-state index in [4.69, 9.17) is 0 Å². The lowest BCUT2D eigenvalue weighted by molar-refractivity contribution is -0.122. The summed E-state index contributed by atoms with van der Waals surface area (Å²) in [4.78, 5) is 11.6. The quantitative estimate of drug-likeness (QED) is 0.877. The molecule has 1 unspecified atom stereocenters. The summed E-state index contributed by atoms with van der Waals surface area (Å²) in [6, 6.07) is 7.96. The molecule has 0 aliphatic rings. The van der Waals surface area contributed by atoms with E-state index in [1.807, 2.05) is 38.1 Å². The Bertz CT molecular complexity index is 381. The highest BCUT2D eigenvalue weighted by Gasteiger charge is 2.16. The molecule has 0 radical (unpaired) electrons. The summed E-state index contributed by atoms with van der Waals surface area (Å²) in [5.41, 5.74) is 1.16. The molecule has 1 rings (SSSR count). The summed E-state index contributed by atoms with van der Waals surface area (Å²) in [6.45, 7) is 6.50. The van der Waals surface area contributed by atoms with E-state index in [0.717, 1.165) is 10.0 Å². The first-order chi connectivity index (χ1) is 8.06. The number of benzene rings is 1. The van der Waals surface area contributed by atoms with Gasteiger partial charge in [0, 0.05) is 17.1 Å². The number of amides is 1. The zero-order valence-electron chi connectivity index (χ0n) is 10.5. The normalized spacial score (nSPS) is 14.1.